The first-order valence-corrected chi connectivity index (χ1v) is 10.2. The summed E-state index contributed by atoms with van der Waals surface area (Å²) < 4.78 is 21.8. The zero-order chi connectivity index (χ0) is 20.3. The summed E-state index contributed by atoms with van der Waals surface area (Å²) in [6, 6.07) is 4.77. The zero-order valence-electron chi connectivity index (χ0n) is 16.2. The fourth-order valence-corrected chi connectivity index (χ4v) is 3.26. The van der Waals surface area contributed by atoms with E-state index < -0.39 is 11.4 Å². The number of rotatable bonds is 7. The number of aromatic nitrogens is 3. The van der Waals surface area contributed by atoms with Crippen molar-refractivity contribution in [3.63, 3.8) is 0 Å². The Morgan fingerprint density at radius 2 is 1.93 bits per heavy atom. The second-order valence-electron chi connectivity index (χ2n) is 7.32. The molecule has 0 aliphatic carbocycles. The molecule has 0 amide bonds. The summed E-state index contributed by atoms with van der Waals surface area (Å²) in [6.45, 7) is 6.57. The number of hydrogen-bond donors (Lipinski definition) is 0. The highest BCUT2D eigenvalue weighted by atomic mass is 127. The van der Waals surface area contributed by atoms with Gasteiger partial charge in [-0.05, 0) is 43.9 Å². The number of nitrogens with zero attached hydrogens (tertiary/aromatic N) is 3. The minimum absolute atomic E-state index is 0.170. The van der Waals surface area contributed by atoms with Crippen molar-refractivity contribution in [3.05, 3.63) is 58.5 Å². The summed E-state index contributed by atoms with van der Waals surface area (Å²) in [6.07, 6.45) is 8.11. The van der Waals surface area contributed by atoms with E-state index in [1.165, 1.54) is 6.07 Å². The lowest BCUT2D eigenvalue weighted by molar-refractivity contribution is 0.175. The van der Waals surface area contributed by atoms with Crippen LogP contribution in [0.3, 0.4) is 0 Å². The molecule has 0 bridgehead atoms. The molecule has 2 heterocycles. The first-order chi connectivity index (χ1) is 13.4. The molecule has 0 atom stereocenters. The second-order valence-corrected chi connectivity index (χ2v) is 7.76. The number of hydrogen-bond acceptors (Lipinski definition) is 4. The number of fused-ring (bicyclic) bond motifs is 1. The standard InChI is InChI=1S/C21H23FIN3O2/c1-4-5-6-8-26-9-7-14-10-17(18(22)11-16(14)20(26)27)19-24-12-15(13-25-19)21(2,3)28-23/h7,9-13H,4-6,8H2,1-3H3. The van der Waals surface area contributed by atoms with Crippen molar-refractivity contribution in [2.24, 2.45) is 0 Å². The Morgan fingerprint density at radius 3 is 2.57 bits per heavy atom. The number of unbranched alkanes of at least 4 members (excludes halogenated alkanes) is 2. The van der Waals surface area contributed by atoms with Crippen LogP contribution in [0, 0.1) is 5.82 Å². The molecule has 2 aromatic heterocycles. The maximum atomic E-state index is 14.8. The minimum atomic E-state index is -0.538. The Labute approximate surface area is 177 Å². The van der Waals surface area contributed by atoms with E-state index in [1.807, 2.05) is 42.9 Å². The van der Waals surface area contributed by atoms with Crippen LogP contribution in [0.4, 0.5) is 4.39 Å². The molecule has 0 N–H and O–H groups in total. The number of pyridine rings is 1. The molecule has 0 fully saturated rings. The lowest BCUT2D eigenvalue weighted by Gasteiger charge is -2.20. The normalized spacial score (nSPS) is 11.9. The molecule has 0 radical (unpaired) electrons. The van der Waals surface area contributed by atoms with Crippen molar-refractivity contribution >= 4 is 33.8 Å². The van der Waals surface area contributed by atoms with Crippen molar-refractivity contribution in [2.75, 3.05) is 0 Å². The first-order valence-electron chi connectivity index (χ1n) is 9.32. The van der Waals surface area contributed by atoms with Crippen LogP contribution in [0.2, 0.25) is 0 Å². The van der Waals surface area contributed by atoms with Crippen LogP contribution in [0.25, 0.3) is 22.2 Å². The molecular weight excluding hydrogens is 472 g/mol. The molecule has 0 aliphatic rings. The molecule has 148 valence electrons. The molecule has 0 aliphatic heterocycles. The molecule has 7 heteroatoms. The van der Waals surface area contributed by atoms with Crippen LogP contribution in [0.1, 0.15) is 45.6 Å². The third-order valence-corrected chi connectivity index (χ3v) is 5.95. The fraction of sp³-hybridized carbons (Fsp3) is 0.381. The van der Waals surface area contributed by atoms with Gasteiger partial charge in [0.1, 0.15) is 34.4 Å². The van der Waals surface area contributed by atoms with Gasteiger partial charge in [0.2, 0.25) is 0 Å². The molecule has 3 rings (SSSR count). The van der Waals surface area contributed by atoms with E-state index in [4.69, 9.17) is 3.07 Å². The van der Waals surface area contributed by atoms with Crippen molar-refractivity contribution < 1.29 is 7.46 Å². The topological polar surface area (TPSA) is 57.0 Å². The molecular formula is C21H23FIN3O2. The van der Waals surface area contributed by atoms with Gasteiger partial charge in [0.25, 0.3) is 5.56 Å². The molecule has 5 nitrogen and oxygen atoms in total. The fourth-order valence-electron chi connectivity index (χ4n) is 3.01. The van der Waals surface area contributed by atoms with Gasteiger partial charge in [0.15, 0.2) is 5.82 Å². The first kappa shape index (κ1) is 20.9. The van der Waals surface area contributed by atoms with Crippen molar-refractivity contribution in [3.8, 4) is 11.4 Å². The average molecular weight is 495 g/mol. The van der Waals surface area contributed by atoms with Gasteiger partial charge in [0, 0.05) is 30.7 Å². The van der Waals surface area contributed by atoms with E-state index in [9.17, 15) is 9.18 Å². The zero-order valence-corrected chi connectivity index (χ0v) is 18.4. The van der Waals surface area contributed by atoms with Crippen LogP contribution in [0.5, 0.6) is 0 Å². The molecule has 28 heavy (non-hydrogen) atoms. The molecule has 3 aromatic rings. The summed E-state index contributed by atoms with van der Waals surface area (Å²) in [5.74, 6) is -0.229. The van der Waals surface area contributed by atoms with Gasteiger partial charge in [-0.3, -0.25) is 4.79 Å². The highest BCUT2D eigenvalue weighted by Crippen LogP contribution is 2.28. The quantitative estimate of drug-likeness (QED) is 0.326. The van der Waals surface area contributed by atoms with E-state index in [2.05, 4.69) is 16.9 Å². The Bertz CT molecular complexity index is 1030. The van der Waals surface area contributed by atoms with Crippen LogP contribution in [-0.2, 0) is 15.2 Å². The van der Waals surface area contributed by atoms with Crippen LogP contribution in [-0.4, -0.2) is 14.5 Å². The van der Waals surface area contributed by atoms with E-state index in [-0.39, 0.29) is 16.9 Å². The van der Waals surface area contributed by atoms with Gasteiger partial charge in [-0.25, -0.2) is 14.4 Å². The van der Waals surface area contributed by atoms with Gasteiger partial charge >= 0.3 is 0 Å². The summed E-state index contributed by atoms with van der Waals surface area (Å²) in [4.78, 5) is 21.3. The van der Waals surface area contributed by atoms with Gasteiger partial charge in [0.05, 0.1) is 10.9 Å². The number of benzene rings is 1. The molecule has 1 aromatic carbocycles. The van der Waals surface area contributed by atoms with Gasteiger partial charge < -0.3 is 7.63 Å². The van der Waals surface area contributed by atoms with Gasteiger partial charge in [-0.2, -0.15) is 0 Å². The summed E-state index contributed by atoms with van der Waals surface area (Å²) in [5.41, 5.74) is 0.359. The van der Waals surface area contributed by atoms with Crippen molar-refractivity contribution in [1.82, 2.24) is 14.5 Å². The van der Waals surface area contributed by atoms with E-state index in [0.717, 1.165) is 24.8 Å². The Hall–Kier alpha value is -1.87. The number of halogens is 2. The summed E-state index contributed by atoms with van der Waals surface area (Å²) in [7, 11) is 0. The molecule has 0 saturated carbocycles. The van der Waals surface area contributed by atoms with E-state index >= 15 is 0 Å². The van der Waals surface area contributed by atoms with Crippen LogP contribution >= 0.6 is 23.0 Å². The maximum absolute atomic E-state index is 14.8. The maximum Gasteiger partial charge on any atom is 0.258 e. The lowest BCUT2D eigenvalue weighted by atomic mass is 10.0. The summed E-state index contributed by atoms with van der Waals surface area (Å²) >= 11 is 1.84. The third-order valence-electron chi connectivity index (χ3n) is 4.85. The van der Waals surface area contributed by atoms with Crippen molar-refractivity contribution in [1.29, 1.82) is 0 Å². The average Bonchev–Trinajstić information content (AvgIpc) is 2.70. The second kappa shape index (κ2) is 8.65. The Balaban J connectivity index is 1.98. The van der Waals surface area contributed by atoms with Crippen LogP contribution in [0.15, 0.2) is 41.6 Å². The Morgan fingerprint density at radius 1 is 1.21 bits per heavy atom. The predicted molar refractivity (Wildman–Crippen MR) is 117 cm³/mol. The predicted octanol–water partition coefficient (Wildman–Crippen LogP) is 5.39. The van der Waals surface area contributed by atoms with Gasteiger partial charge in [-0.15, -0.1) is 0 Å². The highest BCUT2D eigenvalue weighted by molar-refractivity contribution is 14.1. The molecule has 0 spiro atoms. The molecule has 0 unspecified atom stereocenters. The van der Waals surface area contributed by atoms with Gasteiger partial charge in [-0.1, -0.05) is 19.8 Å². The SMILES string of the molecule is CCCCCn1ccc2cc(-c3ncc(C(C)(C)OI)cn3)c(F)cc2c1=O. The van der Waals surface area contributed by atoms with Crippen molar-refractivity contribution in [2.45, 2.75) is 52.2 Å². The molecule has 0 saturated heterocycles. The smallest absolute Gasteiger partial charge is 0.258 e. The largest absolute Gasteiger partial charge is 0.315 e. The van der Waals surface area contributed by atoms with E-state index in [0.29, 0.717) is 17.3 Å². The lowest BCUT2D eigenvalue weighted by Crippen LogP contribution is -2.19. The number of aryl methyl sites for hydroxylation is 1. The van der Waals surface area contributed by atoms with Crippen LogP contribution < -0.4 is 5.56 Å². The minimum Gasteiger partial charge on any atom is -0.315 e. The van der Waals surface area contributed by atoms with E-state index in [1.54, 1.807) is 29.2 Å². The Kier molecular flexibility index (Phi) is 6.44. The summed E-state index contributed by atoms with van der Waals surface area (Å²) in [5, 5.41) is 1.05. The monoisotopic (exact) mass is 495 g/mol. The third kappa shape index (κ3) is 4.25. The highest BCUT2D eigenvalue weighted by Gasteiger charge is 2.22.